The molecule has 0 radical (unpaired) electrons. The first kappa shape index (κ1) is 9.66. The van der Waals surface area contributed by atoms with Gasteiger partial charge in [-0.15, -0.1) is 0 Å². The van der Waals surface area contributed by atoms with Crippen molar-refractivity contribution in [2.45, 2.75) is 32.7 Å². The van der Waals surface area contributed by atoms with E-state index >= 15 is 0 Å². The summed E-state index contributed by atoms with van der Waals surface area (Å²) in [6.45, 7) is 5.50. The van der Waals surface area contributed by atoms with Crippen LogP contribution in [0.4, 0.5) is 0 Å². The lowest BCUT2D eigenvalue weighted by Crippen LogP contribution is -2.32. The first-order valence-corrected chi connectivity index (χ1v) is 5.41. The molecule has 2 heteroatoms. The number of piperidine rings is 1. The molecule has 1 aromatic rings. The summed E-state index contributed by atoms with van der Waals surface area (Å²) in [6.07, 6.45) is 4.49. The van der Waals surface area contributed by atoms with Crippen LogP contribution in [0, 0.1) is 12.8 Å². The number of rotatable bonds is 1. The second-order valence-electron chi connectivity index (χ2n) is 4.40. The molecule has 1 fully saturated rings. The quantitative estimate of drug-likeness (QED) is 0.735. The van der Waals surface area contributed by atoms with Gasteiger partial charge in [-0.2, -0.15) is 0 Å². The molecule has 14 heavy (non-hydrogen) atoms. The van der Waals surface area contributed by atoms with Crippen LogP contribution in [0.3, 0.4) is 0 Å². The molecule has 1 aromatic heterocycles. The molecule has 76 valence electrons. The van der Waals surface area contributed by atoms with Gasteiger partial charge in [-0.25, -0.2) is 0 Å². The number of aromatic nitrogens is 1. The van der Waals surface area contributed by atoms with Gasteiger partial charge in [0.05, 0.1) is 5.69 Å². The fraction of sp³-hybridized carbons (Fsp3) is 0.583. The van der Waals surface area contributed by atoms with Crippen LogP contribution in [0.2, 0.25) is 0 Å². The van der Waals surface area contributed by atoms with Gasteiger partial charge in [0.25, 0.3) is 0 Å². The van der Waals surface area contributed by atoms with Crippen molar-refractivity contribution in [1.82, 2.24) is 10.3 Å². The monoisotopic (exact) mass is 190 g/mol. The molecule has 0 bridgehead atoms. The summed E-state index contributed by atoms with van der Waals surface area (Å²) >= 11 is 0. The standard InChI is InChI=1S/C12H18N2/c1-9-3-5-11(13-7-9)12-6-4-10(2)8-14-12/h3,5,7,10,12,14H,4,6,8H2,1-2H3. The van der Waals surface area contributed by atoms with E-state index < -0.39 is 0 Å². The molecule has 1 saturated heterocycles. The van der Waals surface area contributed by atoms with Gasteiger partial charge in [0.2, 0.25) is 0 Å². The molecule has 0 saturated carbocycles. The maximum Gasteiger partial charge on any atom is 0.0573 e. The smallest absolute Gasteiger partial charge is 0.0573 e. The maximum absolute atomic E-state index is 4.46. The van der Waals surface area contributed by atoms with E-state index in [-0.39, 0.29) is 0 Å². The van der Waals surface area contributed by atoms with Gasteiger partial charge in [0.1, 0.15) is 0 Å². The Balaban J connectivity index is 2.05. The highest BCUT2D eigenvalue weighted by Gasteiger charge is 2.19. The molecule has 1 N–H and O–H groups in total. The van der Waals surface area contributed by atoms with E-state index in [1.165, 1.54) is 24.1 Å². The molecular weight excluding hydrogens is 172 g/mol. The third-order valence-corrected chi connectivity index (χ3v) is 2.95. The van der Waals surface area contributed by atoms with Gasteiger partial charge in [-0.1, -0.05) is 13.0 Å². The Kier molecular flexibility index (Phi) is 2.82. The SMILES string of the molecule is Cc1ccc(C2CCC(C)CN2)nc1. The van der Waals surface area contributed by atoms with E-state index in [1.807, 2.05) is 6.20 Å². The summed E-state index contributed by atoms with van der Waals surface area (Å²) in [6, 6.07) is 4.76. The lowest BCUT2D eigenvalue weighted by Gasteiger charge is -2.27. The van der Waals surface area contributed by atoms with Gasteiger partial charge in [-0.3, -0.25) is 4.98 Å². The number of hydrogen-bond acceptors (Lipinski definition) is 2. The first-order valence-electron chi connectivity index (χ1n) is 5.41. The topological polar surface area (TPSA) is 24.9 Å². The summed E-state index contributed by atoms with van der Waals surface area (Å²) in [7, 11) is 0. The van der Waals surface area contributed by atoms with Crippen LogP contribution in [0.5, 0.6) is 0 Å². The third kappa shape index (κ3) is 2.13. The van der Waals surface area contributed by atoms with Crippen molar-refractivity contribution in [3.8, 4) is 0 Å². The molecule has 2 unspecified atom stereocenters. The third-order valence-electron chi connectivity index (χ3n) is 2.95. The summed E-state index contributed by atoms with van der Waals surface area (Å²) in [5.41, 5.74) is 2.43. The predicted molar refractivity (Wildman–Crippen MR) is 58.1 cm³/mol. The van der Waals surface area contributed by atoms with Gasteiger partial charge in [0.15, 0.2) is 0 Å². The minimum atomic E-state index is 0.479. The van der Waals surface area contributed by atoms with Crippen LogP contribution in [0.25, 0.3) is 0 Å². The Bertz CT molecular complexity index is 284. The zero-order valence-corrected chi connectivity index (χ0v) is 8.96. The fourth-order valence-corrected chi connectivity index (χ4v) is 1.94. The second-order valence-corrected chi connectivity index (χ2v) is 4.40. The molecule has 1 aliphatic heterocycles. The van der Waals surface area contributed by atoms with E-state index in [2.05, 4.69) is 36.3 Å². The Labute approximate surface area is 85.7 Å². The molecule has 0 spiro atoms. The van der Waals surface area contributed by atoms with Crippen molar-refractivity contribution in [3.63, 3.8) is 0 Å². The molecular formula is C12H18N2. The zero-order valence-electron chi connectivity index (χ0n) is 8.96. The lowest BCUT2D eigenvalue weighted by molar-refractivity contribution is 0.328. The molecule has 0 amide bonds. The average molecular weight is 190 g/mol. The minimum Gasteiger partial charge on any atom is -0.308 e. The van der Waals surface area contributed by atoms with E-state index in [1.54, 1.807) is 0 Å². The molecule has 1 aliphatic rings. The number of nitrogens with one attached hydrogen (secondary N) is 1. The second kappa shape index (κ2) is 4.09. The van der Waals surface area contributed by atoms with E-state index in [9.17, 15) is 0 Å². The van der Waals surface area contributed by atoms with Crippen molar-refractivity contribution >= 4 is 0 Å². The van der Waals surface area contributed by atoms with Crippen molar-refractivity contribution in [3.05, 3.63) is 29.6 Å². The Morgan fingerprint density at radius 3 is 2.79 bits per heavy atom. The van der Waals surface area contributed by atoms with Crippen LogP contribution in [0.1, 0.15) is 37.1 Å². The van der Waals surface area contributed by atoms with Crippen LogP contribution in [-0.2, 0) is 0 Å². The number of nitrogens with zero attached hydrogens (tertiary/aromatic N) is 1. The van der Waals surface area contributed by atoms with E-state index in [0.717, 1.165) is 12.5 Å². The van der Waals surface area contributed by atoms with E-state index in [4.69, 9.17) is 0 Å². The highest BCUT2D eigenvalue weighted by molar-refractivity contribution is 5.15. The largest absolute Gasteiger partial charge is 0.308 e. The number of aryl methyl sites for hydroxylation is 1. The summed E-state index contributed by atoms with van der Waals surface area (Å²) in [5, 5.41) is 3.54. The molecule has 0 aromatic carbocycles. The van der Waals surface area contributed by atoms with Gasteiger partial charge >= 0.3 is 0 Å². The predicted octanol–water partition coefficient (Wildman–Crippen LogP) is 2.45. The molecule has 2 nitrogen and oxygen atoms in total. The van der Waals surface area contributed by atoms with Gasteiger partial charge < -0.3 is 5.32 Å². The summed E-state index contributed by atoms with van der Waals surface area (Å²) in [5.74, 6) is 0.816. The van der Waals surface area contributed by atoms with Crippen LogP contribution in [-0.4, -0.2) is 11.5 Å². The van der Waals surface area contributed by atoms with Crippen molar-refractivity contribution in [2.75, 3.05) is 6.54 Å². The van der Waals surface area contributed by atoms with Crippen molar-refractivity contribution < 1.29 is 0 Å². The van der Waals surface area contributed by atoms with Crippen molar-refractivity contribution in [1.29, 1.82) is 0 Å². The molecule has 2 rings (SSSR count). The molecule has 0 aliphatic carbocycles. The molecule has 2 heterocycles. The number of hydrogen-bond donors (Lipinski definition) is 1. The average Bonchev–Trinajstić information content (AvgIpc) is 2.21. The highest BCUT2D eigenvalue weighted by atomic mass is 15.0. The first-order chi connectivity index (χ1) is 6.75. The minimum absolute atomic E-state index is 0.479. The zero-order chi connectivity index (χ0) is 9.97. The van der Waals surface area contributed by atoms with Crippen LogP contribution >= 0.6 is 0 Å². The van der Waals surface area contributed by atoms with Crippen LogP contribution in [0.15, 0.2) is 18.3 Å². The Morgan fingerprint density at radius 1 is 1.36 bits per heavy atom. The normalized spacial score (nSPS) is 27.6. The fourth-order valence-electron chi connectivity index (χ4n) is 1.94. The van der Waals surface area contributed by atoms with Gasteiger partial charge in [-0.05, 0) is 43.9 Å². The summed E-state index contributed by atoms with van der Waals surface area (Å²) in [4.78, 5) is 4.46. The Morgan fingerprint density at radius 2 is 2.21 bits per heavy atom. The van der Waals surface area contributed by atoms with E-state index in [0.29, 0.717) is 6.04 Å². The maximum atomic E-state index is 4.46. The number of pyridine rings is 1. The lowest BCUT2D eigenvalue weighted by atomic mass is 9.94. The Hall–Kier alpha value is -0.890. The van der Waals surface area contributed by atoms with Gasteiger partial charge in [0, 0.05) is 12.2 Å². The highest BCUT2D eigenvalue weighted by Crippen LogP contribution is 2.23. The van der Waals surface area contributed by atoms with Crippen molar-refractivity contribution in [2.24, 2.45) is 5.92 Å². The summed E-state index contributed by atoms with van der Waals surface area (Å²) < 4.78 is 0. The van der Waals surface area contributed by atoms with Crippen LogP contribution < -0.4 is 5.32 Å². The molecule has 2 atom stereocenters.